The number of carbonyl (C=O) groups is 2. The van der Waals surface area contributed by atoms with E-state index >= 15 is 0 Å². The van der Waals surface area contributed by atoms with Crippen molar-refractivity contribution < 1.29 is 34.0 Å². The molecule has 0 saturated carbocycles. The second kappa shape index (κ2) is 11.4. The molecule has 0 fully saturated rings. The van der Waals surface area contributed by atoms with Gasteiger partial charge in [0.15, 0.2) is 5.75 Å². The molecule has 3 rings (SSSR count). The van der Waals surface area contributed by atoms with Gasteiger partial charge in [0.2, 0.25) is 7.37 Å². The zero-order valence-corrected chi connectivity index (χ0v) is 22.5. The highest BCUT2D eigenvalue weighted by atomic mass is 79.9. The Morgan fingerprint density at radius 3 is 2.23 bits per heavy atom. The molecule has 3 aromatic rings. The number of carbonyl (C=O) groups excluding carboxylic acids is 1. The zero-order chi connectivity index (χ0) is 25.8. The largest absolute Gasteiger partial charge is 0.507 e. The summed E-state index contributed by atoms with van der Waals surface area (Å²) < 4.78 is 18.6. The molecular formula is C24H22Br2NO7P. The number of ether oxygens (including phenoxy) is 1. The van der Waals surface area contributed by atoms with Crippen molar-refractivity contribution in [1.29, 1.82) is 0 Å². The maximum Gasteiger partial charge on any atom is 0.326 e. The van der Waals surface area contributed by atoms with E-state index in [1.165, 1.54) is 24.9 Å². The Labute approximate surface area is 218 Å². The monoisotopic (exact) mass is 625 g/mol. The molecule has 35 heavy (non-hydrogen) atoms. The highest BCUT2D eigenvalue weighted by molar-refractivity contribution is 9.11. The summed E-state index contributed by atoms with van der Waals surface area (Å²) in [5, 5.41) is 22.2. The summed E-state index contributed by atoms with van der Waals surface area (Å²) in [6.07, 6.45) is 0.0609. The number of hydrogen-bond donors (Lipinski definition) is 4. The van der Waals surface area contributed by atoms with Crippen LogP contribution in [-0.4, -0.2) is 39.7 Å². The lowest BCUT2D eigenvalue weighted by Crippen LogP contribution is -2.42. The summed E-state index contributed by atoms with van der Waals surface area (Å²) in [6.45, 7) is 1.27. The number of halogens is 2. The van der Waals surface area contributed by atoms with Crippen LogP contribution < -0.4 is 10.1 Å². The number of phenolic OH excluding ortho intramolecular Hbond substituents is 1. The van der Waals surface area contributed by atoms with E-state index in [2.05, 4.69) is 37.2 Å². The van der Waals surface area contributed by atoms with E-state index in [-0.39, 0.29) is 29.6 Å². The lowest BCUT2D eigenvalue weighted by molar-refractivity contribution is -0.139. The van der Waals surface area contributed by atoms with E-state index in [1.807, 2.05) is 0 Å². The SMILES string of the molecule is CP(=O)(O)Cc1cc(Br)c(Oc2ccc(O)c(C(=O)N[C@@H](Cc3ccccc3)C(=O)O)c2)c(Br)c1. The Morgan fingerprint density at radius 1 is 1.03 bits per heavy atom. The lowest BCUT2D eigenvalue weighted by Gasteiger charge is -2.16. The second-order valence-corrected chi connectivity index (χ2v) is 12.1. The number of hydrogen-bond acceptors (Lipinski definition) is 5. The highest BCUT2D eigenvalue weighted by Crippen LogP contribution is 2.44. The first-order valence-corrected chi connectivity index (χ1v) is 14.2. The van der Waals surface area contributed by atoms with Gasteiger partial charge in [0.25, 0.3) is 5.91 Å². The van der Waals surface area contributed by atoms with Gasteiger partial charge in [0, 0.05) is 19.2 Å². The minimum absolute atomic E-state index is 0.0122. The van der Waals surface area contributed by atoms with Crippen molar-refractivity contribution in [2.24, 2.45) is 0 Å². The Balaban J connectivity index is 1.81. The highest BCUT2D eigenvalue weighted by Gasteiger charge is 2.23. The number of carboxylic acids is 1. The zero-order valence-electron chi connectivity index (χ0n) is 18.4. The third kappa shape index (κ3) is 7.67. The number of rotatable bonds is 9. The van der Waals surface area contributed by atoms with E-state index in [0.717, 1.165) is 5.56 Å². The molecule has 1 amide bonds. The quantitative estimate of drug-likeness (QED) is 0.229. The second-order valence-electron chi connectivity index (χ2n) is 7.93. The van der Waals surface area contributed by atoms with Gasteiger partial charge in [-0.15, -0.1) is 0 Å². The number of carboxylic acid groups (broad SMARTS) is 1. The van der Waals surface area contributed by atoms with E-state index in [4.69, 9.17) is 4.74 Å². The van der Waals surface area contributed by atoms with Crippen molar-refractivity contribution in [2.75, 3.05) is 6.66 Å². The van der Waals surface area contributed by atoms with Crippen molar-refractivity contribution >= 4 is 51.1 Å². The van der Waals surface area contributed by atoms with Gasteiger partial charge in [-0.2, -0.15) is 0 Å². The average Bonchev–Trinajstić information content (AvgIpc) is 2.76. The summed E-state index contributed by atoms with van der Waals surface area (Å²) in [6, 6.07) is 15.0. The van der Waals surface area contributed by atoms with Crippen LogP contribution in [0.4, 0.5) is 0 Å². The van der Waals surface area contributed by atoms with Gasteiger partial charge in [-0.3, -0.25) is 9.36 Å². The molecule has 0 aromatic heterocycles. The van der Waals surface area contributed by atoms with Crippen LogP contribution in [0.2, 0.25) is 0 Å². The molecule has 0 spiro atoms. The fourth-order valence-corrected chi connectivity index (χ4v) is 5.61. The van der Waals surface area contributed by atoms with E-state index < -0.39 is 25.3 Å². The van der Waals surface area contributed by atoms with Crippen LogP contribution in [0, 0.1) is 0 Å². The van der Waals surface area contributed by atoms with Gasteiger partial charge in [-0.25, -0.2) is 4.79 Å². The van der Waals surface area contributed by atoms with Gasteiger partial charge in [-0.05, 0) is 73.3 Å². The van der Waals surface area contributed by atoms with Crippen molar-refractivity contribution in [2.45, 2.75) is 18.6 Å². The van der Waals surface area contributed by atoms with Crippen molar-refractivity contribution in [3.05, 3.63) is 86.3 Å². The number of amides is 1. The molecule has 0 bridgehead atoms. The number of phenols is 1. The number of aromatic hydroxyl groups is 1. The minimum atomic E-state index is -3.27. The van der Waals surface area contributed by atoms with Crippen LogP contribution in [0.1, 0.15) is 21.5 Å². The van der Waals surface area contributed by atoms with Crippen molar-refractivity contribution in [3.63, 3.8) is 0 Å². The molecule has 0 aliphatic rings. The topological polar surface area (TPSA) is 133 Å². The smallest absolute Gasteiger partial charge is 0.326 e. The molecular weight excluding hydrogens is 605 g/mol. The Kier molecular flexibility index (Phi) is 8.77. The number of aliphatic carboxylic acids is 1. The fourth-order valence-electron chi connectivity index (χ4n) is 3.30. The first-order valence-electron chi connectivity index (χ1n) is 10.3. The van der Waals surface area contributed by atoms with Crippen molar-refractivity contribution in [1.82, 2.24) is 5.32 Å². The summed E-state index contributed by atoms with van der Waals surface area (Å²) in [7, 11) is -3.27. The van der Waals surface area contributed by atoms with Gasteiger partial charge < -0.3 is 25.2 Å². The summed E-state index contributed by atoms with van der Waals surface area (Å²) >= 11 is 6.77. The molecule has 3 aromatic carbocycles. The third-order valence-corrected chi connectivity index (χ3v) is 6.98. The van der Waals surface area contributed by atoms with Crippen LogP contribution in [-0.2, 0) is 21.9 Å². The molecule has 184 valence electrons. The van der Waals surface area contributed by atoms with Gasteiger partial charge in [0.05, 0.1) is 14.5 Å². The van der Waals surface area contributed by atoms with E-state index in [1.54, 1.807) is 42.5 Å². The first kappa shape index (κ1) is 26.9. The summed E-state index contributed by atoms with van der Waals surface area (Å²) in [5.41, 5.74) is 1.20. The molecule has 4 N–H and O–H groups in total. The van der Waals surface area contributed by atoms with E-state index in [0.29, 0.717) is 20.3 Å². The molecule has 0 heterocycles. The molecule has 0 radical (unpaired) electrons. The molecule has 8 nitrogen and oxygen atoms in total. The van der Waals surface area contributed by atoms with E-state index in [9.17, 15) is 29.3 Å². The number of nitrogens with one attached hydrogen (secondary N) is 1. The summed E-state index contributed by atoms with van der Waals surface area (Å²) in [5.74, 6) is -1.76. The van der Waals surface area contributed by atoms with Crippen LogP contribution in [0.5, 0.6) is 17.2 Å². The van der Waals surface area contributed by atoms with Crippen LogP contribution >= 0.6 is 39.2 Å². The maximum absolute atomic E-state index is 12.8. The van der Waals surface area contributed by atoms with Crippen LogP contribution in [0.15, 0.2) is 69.6 Å². The molecule has 2 atom stereocenters. The minimum Gasteiger partial charge on any atom is -0.507 e. The van der Waals surface area contributed by atoms with Gasteiger partial charge in [-0.1, -0.05) is 30.3 Å². The lowest BCUT2D eigenvalue weighted by atomic mass is 10.1. The normalized spacial score (nSPS) is 13.5. The third-order valence-electron chi connectivity index (χ3n) is 4.85. The van der Waals surface area contributed by atoms with Crippen LogP contribution in [0.25, 0.3) is 0 Å². The molecule has 11 heteroatoms. The van der Waals surface area contributed by atoms with Crippen LogP contribution in [0.3, 0.4) is 0 Å². The molecule has 0 saturated heterocycles. The van der Waals surface area contributed by atoms with Gasteiger partial charge in [0.1, 0.15) is 17.5 Å². The predicted molar refractivity (Wildman–Crippen MR) is 139 cm³/mol. The average molecular weight is 627 g/mol. The first-order chi connectivity index (χ1) is 16.4. The Morgan fingerprint density at radius 2 is 1.66 bits per heavy atom. The van der Waals surface area contributed by atoms with Crippen molar-refractivity contribution in [3.8, 4) is 17.2 Å². The molecule has 0 aliphatic heterocycles. The Bertz CT molecular complexity index is 1270. The van der Waals surface area contributed by atoms with Gasteiger partial charge >= 0.3 is 5.97 Å². The standard InChI is InChI=1S/C24H22Br2NO7P/c1-35(32,33)13-15-9-18(25)22(19(26)10-15)34-16-7-8-21(28)17(12-16)23(29)27-20(24(30)31)11-14-5-3-2-4-6-14/h2-10,12,20,28H,11,13H2,1H3,(H,27,29)(H,30,31)(H,32,33)/t20-/m0/s1. The molecule has 1 unspecified atom stereocenters. The maximum atomic E-state index is 12.8. The Hall–Kier alpha value is -2.65. The predicted octanol–water partition coefficient (Wildman–Crippen LogP) is 5.54. The molecule has 0 aliphatic carbocycles. The summed E-state index contributed by atoms with van der Waals surface area (Å²) in [4.78, 5) is 34.2. The number of benzene rings is 3. The fraction of sp³-hybridized carbons (Fsp3) is 0.167.